The minimum absolute atomic E-state index is 0.0424. The van der Waals surface area contributed by atoms with Crippen LogP contribution in [0.4, 0.5) is 0 Å². The van der Waals surface area contributed by atoms with Crippen molar-refractivity contribution in [3.8, 4) is 11.5 Å². The minimum atomic E-state index is 0.0424. The fourth-order valence-corrected chi connectivity index (χ4v) is 3.29. The second-order valence-corrected chi connectivity index (χ2v) is 6.70. The van der Waals surface area contributed by atoms with Crippen LogP contribution in [0.25, 0.3) is 6.08 Å². The first-order valence-corrected chi connectivity index (χ1v) is 9.75. The van der Waals surface area contributed by atoms with E-state index in [1.165, 1.54) is 5.56 Å². The van der Waals surface area contributed by atoms with Gasteiger partial charge in [-0.1, -0.05) is 42.5 Å². The van der Waals surface area contributed by atoms with Crippen molar-refractivity contribution in [3.05, 3.63) is 65.7 Å². The molecule has 0 bridgehead atoms. The van der Waals surface area contributed by atoms with Crippen molar-refractivity contribution < 1.29 is 14.3 Å². The number of nitrogens with zero attached hydrogens (tertiary/aromatic N) is 2. The van der Waals surface area contributed by atoms with Gasteiger partial charge in [0.2, 0.25) is 0 Å². The summed E-state index contributed by atoms with van der Waals surface area (Å²) in [5.41, 5.74) is 1.85. The van der Waals surface area contributed by atoms with Crippen LogP contribution in [0.2, 0.25) is 0 Å². The minimum Gasteiger partial charge on any atom is -0.493 e. The maximum Gasteiger partial charge on any atom is 0.254 e. The fraction of sp³-hybridized carbons (Fsp3) is 0.348. The van der Waals surface area contributed by atoms with Gasteiger partial charge in [0, 0.05) is 38.3 Å². The van der Waals surface area contributed by atoms with E-state index in [2.05, 4.69) is 29.2 Å². The molecule has 0 aliphatic carbocycles. The second-order valence-electron chi connectivity index (χ2n) is 6.70. The van der Waals surface area contributed by atoms with E-state index in [1.807, 2.05) is 36.1 Å². The number of piperazine rings is 1. The van der Waals surface area contributed by atoms with E-state index in [4.69, 9.17) is 9.47 Å². The van der Waals surface area contributed by atoms with E-state index in [-0.39, 0.29) is 5.91 Å². The van der Waals surface area contributed by atoms with Gasteiger partial charge in [-0.05, 0) is 30.7 Å². The lowest BCUT2D eigenvalue weighted by molar-refractivity contribution is 0.0650. The number of carbonyl (C=O) groups is 1. The fourth-order valence-electron chi connectivity index (χ4n) is 3.29. The summed E-state index contributed by atoms with van der Waals surface area (Å²) >= 11 is 0. The van der Waals surface area contributed by atoms with E-state index in [0.29, 0.717) is 23.7 Å². The molecule has 0 spiro atoms. The van der Waals surface area contributed by atoms with Crippen LogP contribution in [-0.4, -0.2) is 62.1 Å². The average Bonchev–Trinajstić information content (AvgIpc) is 2.75. The van der Waals surface area contributed by atoms with E-state index in [0.717, 1.165) is 32.7 Å². The molecule has 28 heavy (non-hydrogen) atoms. The van der Waals surface area contributed by atoms with Gasteiger partial charge in [0.1, 0.15) is 0 Å². The summed E-state index contributed by atoms with van der Waals surface area (Å²) in [5.74, 6) is 1.30. The molecule has 1 saturated heterocycles. The maximum absolute atomic E-state index is 12.8. The Balaban J connectivity index is 1.53. The Morgan fingerprint density at radius 2 is 1.79 bits per heavy atom. The van der Waals surface area contributed by atoms with Gasteiger partial charge in [0.25, 0.3) is 5.91 Å². The molecule has 5 heteroatoms. The first-order chi connectivity index (χ1) is 13.7. The van der Waals surface area contributed by atoms with Gasteiger partial charge in [0.15, 0.2) is 11.5 Å². The third kappa shape index (κ3) is 5.14. The third-order valence-electron chi connectivity index (χ3n) is 4.84. The smallest absolute Gasteiger partial charge is 0.254 e. The summed E-state index contributed by atoms with van der Waals surface area (Å²) in [5, 5.41) is 0. The molecule has 3 rings (SSSR count). The van der Waals surface area contributed by atoms with Crippen LogP contribution >= 0.6 is 0 Å². The highest BCUT2D eigenvalue weighted by molar-refractivity contribution is 5.95. The Bertz CT molecular complexity index is 797. The van der Waals surface area contributed by atoms with E-state index < -0.39 is 0 Å². The molecule has 1 amide bonds. The summed E-state index contributed by atoms with van der Waals surface area (Å²) in [7, 11) is 1.59. The number of amides is 1. The third-order valence-corrected chi connectivity index (χ3v) is 4.84. The maximum atomic E-state index is 12.8. The van der Waals surface area contributed by atoms with Gasteiger partial charge < -0.3 is 14.4 Å². The molecule has 1 aliphatic heterocycles. The van der Waals surface area contributed by atoms with Crippen LogP contribution in [-0.2, 0) is 0 Å². The molecule has 2 aromatic carbocycles. The number of hydrogen-bond donors (Lipinski definition) is 0. The zero-order valence-corrected chi connectivity index (χ0v) is 16.6. The number of benzene rings is 2. The van der Waals surface area contributed by atoms with Crippen molar-refractivity contribution >= 4 is 12.0 Å². The van der Waals surface area contributed by atoms with E-state index in [9.17, 15) is 4.79 Å². The summed E-state index contributed by atoms with van der Waals surface area (Å²) in [6, 6.07) is 15.7. The lowest BCUT2D eigenvalue weighted by Gasteiger charge is -2.34. The van der Waals surface area contributed by atoms with Gasteiger partial charge >= 0.3 is 0 Å². The number of methoxy groups -OCH3 is 1. The van der Waals surface area contributed by atoms with Crippen LogP contribution < -0.4 is 9.47 Å². The highest BCUT2D eigenvalue weighted by atomic mass is 16.5. The van der Waals surface area contributed by atoms with Gasteiger partial charge in [-0.3, -0.25) is 9.69 Å². The lowest BCUT2D eigenvalue weighted by atomic mass is 10.1. The molecule has 148 valence electrons. The Labute approximate surface area is 167 Å². The van der Waals surface area contributed by atoms with Gasteiger partial charge in [-0.15, -0.1) is 0 Å². The molecule has 0 saturated carbocycles. The SMILES string of the molecule is CCOc1ccc(C(=O)N2CCN(C/C=C/c3ccccc3)CC2)cc1OC. The molecule has 2 aromatic rings. The van der Waals surface area contributed by atoms with Crippen LogP contribution in [0.1, 0.15) is 22.8 Å². The topological polar surface area (TPSA) is 42.0 Å². The zero-order chi connectivity index (χ0) is 19.8. The van der Waals surface area contributed by atoms with Crippen molar-refractivity contribution in [3.63, 3.8) is 0 Å². The molecular formula is C23H28N2O3. The first-order valence-electron chi connectivity index (χ1n) is 9.75. The summed E-state index contributed by atoms with van der Waals surface area (Å²) < 4.78 is 10.9. The van der Waals surface area contributed by atoms with Gasteiger partial charge in [-0.2, -0.15) is 0 Å². The molecule has 0 aromatic heterocycles. The molecule has 0 unspecified atom stereocenters. The van der Waals surface area contributed by atoms with Crippen LogP contribution in [0.3, 0.4) is 0 Å². The standard InChI is InChI=1S/C23H28N2O3/c1-3-28-21-12-11-20(18-22(21)27-2)23(26)25-16-14-24(15-17-25)13-7-10-19-8-5-4-6-9-19/h4-12,18H,3,13-17H2,1-2H3/b10-7+. The molecule has 0 N–H and O–H groups in total. The number of rotatable bonds is 7. The van der Waals surface area contributed by atoms with Crippen LogP contribution in [0.15, 0.2) is 54.6 Å². The highest BCUT2D eigenvalue weighted by Gasteiger charge is 2.22. The number of ether oxygens (including phenoxy) is 2. The van der Waals surface area contributed by atoms with Crippen molar-refractivity contribution in [2.75, 3.05) is 46.4 Å². The second kappa shape index (κ2) is 9.95. The van der Waals surface area contributed by atoms with Crippen molar-refractivity contribution in [1.29, 1.82) is 0 Å². The quantitative estimate of drug-likeness (QED) is 0.737. The van der Waals surface area contributed by atoms with Gasteiger partial charge in [0.05, 0.1) is 13.7 Å². The average molecular weight is 380 g/mol. The predicted octanol–water partition coefficient (Wildman–Crippen LogP) is 3.57. The highest BCUT2D eigenvalue weighted by Crippen LogP contribution is 2.28. The molecular weight excluding hydrogens is 352 g/mol. The van der Waals surface area contributed by atoms with E-state index in [1.54, 1.807) is 19.2 Å². The molecule has 1 heterocycles. The van der Waals surface area contributed by atoms with Crippen LogP contribution in [0.5, 0.6) is 11.5 Å². The molecule has 0 atom stereocenters. The largest absolute Gasteiger partial charge is 0.493 e. The molecule has 1 fully saturated rings. The summed E-state index contributed by atoms with van der Waals surface area (Å²) in [4.78, 5) is 17.1. The summed E-state index contributed by atoms with van der Waals surface area (Å²) in [6.07, 6.45) is 4.33. The zero-order valence-electron chi connectivity index (χ0n) is 16.6. The normalized spacial score (nSPS) is 15.0. The Morgan fingerprint density at radius 3 is 2.46 bits per heavy atom. The Hall–Kier alpha value is -2.79. The van der Waals surface area contributed by atoms with Crippen molar-refractivity contribution in [1.82, 2.24) is 9.80 Å². The van der Waals surface area contributed by atoms with Crippen molar-refractivity contribution in [2.45, 2.75) is 6.92 Å². The van der Waals surface area contributed by atoms with E-state index >= 15 is 0 Å². The van der Waals surface area contributed by atoms with Gasteiger partial charge in [-0.25, -0.2) is 0 Å². The Morgan fingerprint density at radius 1 is 1.04 bits per heavy atom. The molecule has 5 nitrogen and oxygen atoms in total. The Kier molecular flexibility index (Phi) is 7.09. The van der Waals surface area contributed by atoms with Crippen molar-refractivity contribution in [2.24, 2.45) is 0 Å². The number of hydrogen-bond acceptors (Lipinski definition) is 4. The predicted molar refractivity (Wildman–Crippen MR) is 112 cm³/mol. The lowest BCUT2D eigenvalue weighted by Crippen LogP contribution is -2.48. The first kappa shape index (κ1) is 20.0. The molecule has 0 radical (unpaired) electrons. The molecule has 1 aliphatic rings. The van der Waals surface area contributed by atoms with Crippen LogP contribution in [0, 0.1) is 0 Å². The number of carbonyl (C=O) groups excluding carboxylic acids is 1. The monoisotopic (exact) mass is 380 g/mol. The summed E-state index contributed by atoms with van der Waals surface area (Å²) in [6.45, 7) is 6.59.